The Morgan fingerprint density at radius 3 is 2.71 bits per heavy atom. The van der Waals surface area contributed by atoms with Gasteiger partial charge in [-0.05, 0) is 31.2 Å². The summed E-state index contributed by atoms with van der Waals surface area (Å²) in [5.41, 5.74) is 0.746. The van der Waals surface area contributed by atoms with Crippen LogP contribution in [-0.2, 0) is 0 Å². The molecule has 21 heavy (non-hydrogen) atoms. The van der Waals surface area contributed by atoms with E-state index in [9.17, 15) is 4.79 Å². The van der Waals surface area contributed by atoms with Crippen molar-refractivity contribution in [1.82, 2.24) is 10.3 Å². The minimum absolute atomic E-state index is 0.0979. The third-order valence-electron chi connectivity index (χ3n) is 4.18. The van der Waals surface area contributed by atoms with Crippen molar-refractivity contribution in [2.24, 2.45) is 5.41 Å². The van der Waals surface area contributed by atoms with Gasteiger partial charge in [0.1, 0.15) is 5.82 Å². The number of aromatic nitrogens is 1. The van der Waals surface area contributed by atoms with Crippen molar-refractivity contribution in [2.75, 3.05) is 18.4 Å². The summed E-state index contributed by atoms with van der Waals surface area (Å²) < 4.78 is 0. The van der Waals surface area contributed by atoms with Crippen LogP contribution in [0.2, 0.25) is 5.02 Å². The number of anilines is 1. The summed E-state index contributed by atoms with van der Waals surface area (Å²) in [7, 11) is 0. The van der Waals surface area contributed by atoms with Crippen LogP contribution in [0.25, 0.3) is 0 Å². The number of carbonyl (C=O) groups is 1. The number of carbonyl (C=O) groups excluding carboxylic acids is 1. The lowest BCUT2D eigenvalue weighted by molar-refractivity contribution is 0.0919. The van der Waals surface area contributed by atoms with Crippen LogP contribution in [-0.4, -0.2) is 24.0 Å². The summed E-state index contributed by atoms with van der Waals surface area (Å²) in [5, 5.41) is 6.57. The first-order valence-electron chi connectivity index (χ1n) is 7.72. The molecule has 0 atom stereocenters. The maximum atomic E-state index is 12.2. The molecule has 1 aromatic heterocycles. The standard InChI is InChI=1S/C16H24ClN3O/c1-3-18-14-13(17)9-12(10-19-14)15(21)20-11-16(2)7-5-4-6-8-16/h9-10H,3-8,11H2,1-2H3,(H,18,19)(H,20,21). The number of hydrogen-bond acceptors (Lipinski definition) is 3. The molecule has 1 heterocycles. The van der Waals surface area contributed by atoms with Gasteiger partial charge in [-0.2, -0.15) is 0 Å². The Kier molecular flexibility index (Phi) is 5.45. The summed E-state index contributed by atoms with van der Waals surface area (Å²) in [6.45, 7) is 5.70. The molecule has 1 aromatic rings. The highest BCUT2D eigenvalue weighted by Crippen LogP contribution is 2.35. The van der Waals surface area contributed by atoms with E-state index in [4.69, 9.17) is 11.6 Å². The van der Waals surface area contributed by atoms with Gasteiger partial charge in [0.05, 0.1) is 10.6 Å². The molecule has 5 heteroatoms. The molecule has 2 N–H and O–H groups in total. The lowest BCUT2D eigenvalue weighted by Gasteiger charge is -2.33. The van der Waals surface area contributed by atoms with Crippen LogP contribution in [0.4, 0.5) is 5.82 Å². The van der Waals surface area contributed by atoms with Crippen molar-refractivity contribution in [3.63, 3.8) is 0 Å². The van der Waals surface area contributed by atoms with E-state index in [-0.39, 0.29) is 11.3 Å². The average Bonchev–Trinajstić information content (AvgIpc) is 2.48. The first-order chi connectivity index (χ1) is 10.0. The van der Waals surface area contributed by atoms with Crippen LogP contribution in [0.3, 0.4) is 0 Å². The van der Waals surface area contributed by atoms with Crippen molar-refractivity contribution in [1.29, 1.82) is 0 Å². The van der Waals surface area contributed by atoms with E-state index in [0.29, 0.717) is 16.4 Å². The molecule has 2 rings (SSSR count). The zero-order valence-electron chi connectivity index (χ0n) is 12.8. The van der Waals surface area contributed by atoms with Crippen molar-refractivity contribution in [3.8, 4) is 0 Å². The SMILES string of the molecule is CCNc1ncc(C(=O)NCC2(C)CCCCC2)cc1Cl. The zero-order chi connectivity index (χ0) is 15.3. The highest BCUT2D eigenvalue weighted by molar-refractivity contribution is 6.33. The van der Waals surface area contributed by atoms with Crippen LogP contribution >= 0.6 is 11.6 Å². The van der Waals surface area contributed by atoms with E-state index in [1.54, 1.807) is 12.3 Å². The molecule has 0 bridgehead atoms. The van der Waals surface area contributed by atoms with Gasteiger partial charge < -0.3 is 10.6 Å². The lowest BCUT2D eigenvalue weighted by Crippen LogP contribution is -2.37. The largest absolute Gasteiger partial charge is 0.369 e. The summed E-state index contributed by atoms with van der Waals surface area (Å²) in [6.07, 6.45) is 7.78. The number of hydrogen-bond donors (Lipinski definition) is 2. The van der Waals surface area contributed by atoms with Gasteiger partial charge in [0.2, 0.25) is 0 Å². The topological polar surface area (TPSA) is 54.0 Å². The minimum Gasteiger partial charge on any atom is -0.369 e. The fourth-order valence-corrected chi connectivity index (χ4v) is 3.07. The van der Waals surface area contributed by atoms with Crippen LogP contribution < -0.4 is 10.6 Å². The summed E-state index contributed by atoms with van der Waals surface area (Å²) in [5.74, 6) is 0.522. The molecule has 1 amide bonds. The van der Waals surface area contributed by atoms with Crippen LogP contribution in [0.15, 0.2) is 12.3 Å². The predicted octanol–water partition coefficient (Wildman–Crippen LogP) is 3.87. The normalized spacial score (nSPS) is 17.3. The summed E-state index contributed by atoms with van der Waals surface area (Å²) >= 11 is 6.12. The number of amides is 1. The molecule has 0 radical (unpaired) electrons. The number of pyridine rings is 1. The molecule has 1 fully saturated rings. The molecule has 0 spiro atoms. The smallest absolute Gasteiger partial charge is 0.252 e. The molecule has 1 aliphatic rings. The van der Waals surface area contributed by atoms with Gasteiger partial charge in [0.15, 0.2) is 0 Å². The average molecular weight is 310 g/mol. The van der Waals surface area contributed by atoms with E-state index < -0.39 is 0 Å². The molecule has 1 aliphatic carbocycles. The Balaban J connectivity index is 1.95. The zero-order valence-corrected chi connectivity index (χ0v) is 13.6. The van der Waals surface area contributed by atoms with Gasteiger partial charge in [-0.15, -0.1) is 0 Å². The van der Waals surface area contributed by atoms with E-state index >= 15 is 0 Å². The maximum absolute atomic E-state index is 12.2. The molecule has 0 aromatic carbocycles. The Morgan fingerprint density at radius 1 is 1.38 bits per heavy atom. The molecule has 0 unspecified atom stereocenters. The van der Waals surface area contributed by atoms with Crippen molar-refractivity contribution in [2.45, 2.75) is 46.0 Å². The van der Waals surface area contributed by atoms with E-state index in [0.717, 1.165) is 13.1 Å². The quantitative estimate of drug-likeness (QED) is 0.868. The number of halogens is 1. The molecule has 116 valence electrons. The Labute approximate surface area is 131 Å². The number of rotatable bonds is 5. The second-order valence-corrected chi connectivity index (χ2v) is 6.55. The van der Waals surface area contributed by atoms with Crippen LogP contribution in [0.1, 0.15) is 56.3 Å². The van der Waals surface area contributed by atoms with Gasteiger partial charge in [0.25, 0.3) is 5.91 Å². The minimum atomic E-state index is -0.0979. The fourth-order valence-electron chi connectivity index (χ4n) is 2.84. The third-order valence-corrected chi connectivity index (χ3v) is 4.47. The Bertz CT molecular complexity index is 498. The molecule has 4 nitrogen and oxygen atoms in total. The number of nitrogens with zero attached hydrogens (tertiary/aromatic N) is 1. The van der Waals surface area contributed by atoms with Crippen molar-refractivity contribution in [3.05, 3.63) is 22.8 Å². The molecular weight excluding hydrogens is 286 g/mol. The van der Waals surface area contributed by atoms with Crippen LogP contribution in [0, 0.1) is 5.41 Å². The predicted molar refractivity (Wildman–Crippen MR) is 86.9 cm³/mol. The van der Waals surface area contributed by atoms with Crippen molar-refractivity contribution >= 4 is 23.3 Å². The van der Waals surface area contributed by atoms with Gasteiger partial charge in [-0.1, -0.05) is 37.8 Å². The Morgan fingerprint density at radius 2 is 2.10 bits per heavy atom. The highest BCUT2D eigenvalue weighted by atomic mass is 35.5. The highest BCUT2D eigenvalue weighted by Gasteiger charge is 2.27. The van der Waals surface area contributed by atoms with E-state index in [2.05, 4.69) is 22.5 Å². The van der Waals surface area contributed by atoms with E-state index in [1.165, 1.54) is 32.1 Å². The Hall–Kier alpha value is -1.29. The summed E-state index contributed by atoms with van der Waals surface area (Å²) in [6, 6.07) is 1.67. The fraction of sp³-hybridized carbons (Fsp3) is 0.625. The number of nitrogens with one attached hydrogen (secondary N) is 2. The van der Waals surface area contributed by atoms with Gasteiger partial charge in [-0.25, -0.2) is 4.98 Å². The summed E-state index contributed by atoms with van der Waals surface area (Å²) in [4.78, 5) is 16.4. The van der Waals surface area contributed by atoms with Crippen LogP contribution in [0.5, 0.6) is 0 Å². The van der Waals surface area contributed by atoms with Crippen molar-refractivity contribution < 1.29 is 4.79 Å². The molecule has 0 saturated heterocycles. The third kappa shape index (κ3) is 4.34. The first-order valence-corrected chi connectivity index (χ1v) is 8.09. The first kappa shape index (κ1) is 16.1. The van der Waals surface area contributed by atoms with Gasteiger partial charge in [-0.3, -0.25) is 4.79 Å². The molecular formula is C16H24ClN3O. The maximum Gasteiger partial charge on any atom is 0.252 e. The monoisotopic (exact) mass is 309 g/mol. The van der Waals surface area contributed by atoms with Gasteiger partial charge >= 0.3 is 0 Å². The second-order valence-electron chi connectivity index (χ2n) is 6.14. The molecule has 0 aliphatic heterocycles. The van der Waals surface area contributed by atoms with E-state index in [1.807, 2.05) is 6.92 Å². The van der Waals surface area contributed by atoms with Gasteiger partial charge in [0, 0.05) is 19.3 Å². The lowest BCUT2D eigenvalue weighted by atomic mass is 9.76. The molecule has 1 saturated carbocycles. The second kappa shape index (κ2) is 7.12.